The van der Waals surface area contributed by atoms with Gasteiger partial charge in [0.1, 0.15) is 5.75 Å². The number of benzene rings is 4. The van der Waals surface area contributed by atoms with Gasteiger partial charge in [-0.1, -0.05) is 92.0 Å². The second kappa shape index (κ2) is 9.34. The van der Waals surface area contributed by atoms with Crippen molar-refractivity contribution in [3.8, 4) is 5.75 Å². The molecular weight excluding hydrogens is 376 g/mol. The second-order valence-corrected chi connectivity index (χ2v) is 6.41. The number of ether oxygens (including phenoxy) is 1. The predicted molar refractivity (Wildman–Crippen MR) is 120 cm³/mol. The Balaban J connectivity index is 0.000000171. The number of hydrogen-bond donors (Lipinski definition) is 1. The Morgan fingerprint density at radius 2 is 1.30 bits per heavy atom. The van der Waals surface area contributed by atoms with E-state index in [4.69, 9.17) is 9.84 Å². The number of carboxylic acids is 1. The van der Waals surface area contributed by atoms with Gasteiger partial charge in [0.05, 0.1) is 5.57 Å². The summed E-state index contributed by atoms with van der Waals surface area (Å²) in [5, 5.41) is 12.8. The first kappa shape index (κ1) is 20.6. The van der Waals surface area contributed by atoms with Gasteiger partial charge in [0.2, 0.25) is 0 Å². The molecule has 0 atom stereocenters. The van der Waals surface area contributed by atoms with Crippen LogP contribution in [0.2, 0.25) is 0 Å². The van der Waals surface area contributed by atoms with E-state index < -0.39 is 11.9 Å². The first-order valence-corrected chi connectivity index (χ1v) is 9.23. The lowest BCUT2D eigenvalue weighted by Gasteiger charge is -2.05. The van der Waals surface area contributed by atoms with Gasteiger partial charge in [0, 0.05) is 11.5 Å². The zero-order valence-corrected chi connectivity index (χ0v) is 16.2. The SMILES string of the molecule is C=C(C(=O)O)c1cccc2ccccc12.C=CC(=O)Oc1cccc2ccccc12. The van der Waals surface area contributed by atoms with Gasteiger partial charge in [0.25, 0.3) is 0 Å². The molecule has 0 spiro atoms. The molecule has 4 heteroatoms. The van der Waals surface area contributed by atoms with Crippen LogP contribution >= 0.6 is 0 Å². The Morgan fingerprint density at radius 1 is 0.767 bits per heavy atom. The van der Waals surface area contributed by atoms with Crippen molar-refractivity contribution in [2.24, 2.45) is 0 Å². The number of carbonyl (C=O) groups excluding carboxylic acids is 1. The van der Waals surface area contributed by atoms with Gasteiger partial charge in [-0.2, -0.15) is 0 Å². The maximum Gasteiger partial charge on any atom is 0.335 e. The van der Waals surface area contributed by atoms with Crippen molar-refractivity contribution in [1.29, 1.82) is 0 Å². The molecule has 148 valence electrons. The Kier molecular flexibility index (Phi) is 6.40. The van der Waals surface area contributed by atoms with Crippen molar-refractivity contribution in [3.63, 3.8) is 0 Å². The summed E-state index contributed by atoms with van der Waals surface area (Å²) in [6.45, 7) is 6.94. The summed E-state index contributed by atoms with van der Waals surface area (Å²) in [6.07, 6.45) is 1.15. The summed E-state index contributed by atoms with van der Waals surface area (Å²) < 4.78 is 5.12. The molecule has 4 rings (SSSR count). The summed E-state index contributed by atoms with van der Waals surface area (Å²) >= 11 is 0. The summed E-state index contributed by atoms with van der Waals surface area (Å²) in [7, 11) is 0. The highest BCUT2D eigenvalue weighted by atomic mass is 16.5. The minimum absolute atomic E-state index is 0.131. The first-order valence-electron chi connectivity index (χ1n) is 9.23. The fourth-order valence-corrected chi connectivity index (χ4v) is 3.04. The maximum absolute atomic E-state index is 11.1. The van der Waals surface area contributed by atoms with Gasteiger partial charge < -0.3 is 9.84 Å². The van der Waals surface area contributed by atoms with Crippen LogP contribution in [0.3, 0.4) is 0 Å². The number of rotatable bonds is 4. The molecule has 1 N–H and O–H groups in total. The molecule has 0 heterocycles. The predicted octanol–water partition coefficient (Wildman–Crippen LogP) is 5.87. The highest BCUT2D eigenvalue weighted by Crippen LogP contribution is 2.25. The zero-order chi connectivity index (χ0) is 21.5. The van der Waals surface area contributed by atoms with Crippen molar-refractivity contribution in [2.75, 3.05) is 0 Å². The van der Waals surface area contributed by atoms with Crippen LogP contribution in [0.5, 0.6) is 5.75 Å². The zero-order valence-electron chi connectivity index (χ0n) is 16.2. The van der Waals surface area contributed by atoms with Crippen molar-refractivity contribution in [3.05, 3.63) is 110 Å². The number of carbonyl (C=O) groups is 2. The lowest BCUT2D eigenvalue weighted by Crippen LogP contribution is -2.03. The summed E-state index contributed by atoms with van der Waals surface area (Å²) in [4.78, 5) is 21.9. The van der Waals surface area contributed by atoms with E-state index in [9.17, 15) is 9.59 Å². The molecule has 0 fully saturated rings. The minimum atomic E-state index is -0.980. The molecule has 0 amide bonds. The number of fused-ring (bicyclic) bond motifs is 2. The van der Waals surface area contributed by atoms with Gasteiger partial charge >= 0.3 is 11.9 Å². The molecular formula is C26H20O4. The number of hydrogen-bond acceptors (Lipinski definition) is 3. The van der Waals surface area contributed by atoms with E-state index in [2.05, 4.69) is 13.2 Å². The van der Waals surface area contributed by atoms with E-state index >= 15 is 0 Å². The third-order valence-electron chi connectivity index (χ3n) is 4.50. The molecule has 4 aromatic carbocycles. The molecule has 0 aliphatic carbocycles. The van der Waals surface area contributed by atoms with Crippen molar-refractivity contribution in [2.45, 2.75) is 0 Å². The smallest absolute Gasteiger partial charge is 0.335 e. The summed E-state index contributed by atoms with van der Waals surface area (Å²) in [6, 6.07) is 26.6. The quantitative estimate of drug-likeness (QED) is 0.266. The Bertz CT molecular complexity index is 1240. The molecule has 0 bridgehead atoms. The standard InChI is InChI=1S/2C13H10O2/c1-9(13(14)15)11-8-4-6-10-5-2-3-7-12(10)11;1-2-13(14)15-12-9-5-7-10-6-3-4-8-11(10)12/h2-8H,1H2,(H,14,15);2-9H,1H2. The van der Waals surface area contributed by atoms with Gasteiger partial charge in [-0.3, -0.25) is 0 Å². The molecule has 30 heavy (non-hydrogen) atoms. The van der Waals surface area contributed by atoms with Crippen molar-refractivity contribution < 1.29 is 19.4 Å². The number of aliphatic carboxylic acids is 1. The van der Waals surface area contributed by atoms with E-state index in [1.807, 2.05) is 72.8 Å². The van der Waals surface area contributed by atoms with E-state index in [0.717, 1.165) is 27.6 Å². The molecule has 0 aromatic heterocycles. The van der Waals surface area contributed by atoms with Crippen LogP contribution < -0.4 is 4.74 Å². The van der Waals surface area contributed by atoms with Crippen LogP contribution in [0.15, 0.2) is 104 Å². The topological polar surface area (TPSA) is 63.6 Å². The molecule has 0 saturated heterocycles. The van der Waals surface area contributed by atoms with Crippen LogP contribution in [-0.4, -0.2) is 17.0 Å². The van der Waals surface area contributed by atoms with Gasteiger partial charge in [-0.15, -0.1) is 0 Å². The molecule has 0 saturated carbocycles. The average molecular weight is 396 g/mol. The molecule has 4 aromatic rings. The van der Waals surface area contributed by atoms with Crippen molar-refractivity contribution in [1.82, 2.24) is 0 Å². The molecule has 0 aliphatic heterocycles. The Morgan fingerprint density at radius 3 is 1.93 bits per heavy atom. The Labute approximate surface area is 174 Å². The van der Waals surface area contributed by atoms with Gasteiger partial charge in [0.15, 0.2) is 0 Å². The van der Waals surface area contributed by atoms with E-state index in [-0.39, 0.29) is 5.57 Å². The van der Waals surface area contributed by atoms with Crippen LogP contribution in [0, 0.1) is 0 Å². The second-order valence-electron chi connectivity index (χ2n) is 6.41. The summed E-state index contributed by atoms with van der Waals surface area (Å²) in [5.74, 6) is -0.851. The van der Waals surface area contributed by atoms with Crippen LogP contribution in [-0.2, 0) is 9.59 Å². The van der Waals surface area contributed by atoms with Crippen molar-refractivity contribution >= 4 is 39.1 Å². The third kappa shape index (κ3) is 4.62. The minimum Gasteiger partial charge on any atom is -0.478 e. The van der Waals surface area contributed by atoms with Crippen LogP contribution in [0.4, 0.5) is 0 Å². The molecule has 0 radical (unpaired) electrons. The Hall–Kier alpha value is -4.18. The average Bonchev–Trinajstić information content (AvgIpc) is 2.78. The first-order chi connectivity index (χ1) is 14.5. The highest BCUT2D eigenvalue weighted by molar-refractivity contribution is 6.18. The van der Waals surface area contributed by atoms with Gasteiger partial charge in [-0.05, 0) is 27.8 Å². The summed E-state index contributed by atoms with van der Waals surface area (Å²) in [5.41, 5.74) is 0.812. The van der Waals surface area contributed by atoms with Crippen LogP contribution in [0.25, 0.3) is 27.1 Å². The number of carboxylic acid groups (broad SMARTS) is 1. The van der Waals surface area contributed by atoms with Crippen LogP contribution in [0.1, 0.15) is 5.56 Å². The normalized spacial score (nSPS) is 10.0. The molecule has 0 aliphatic rings. The largest absolute Gasteiger partial charge is 0.478 e. The fourth-order valence-electron chi connectivity index (χ4n) is 3.04. The van der Waals surface area contributed by atoms with E-state index in [1.165, 1.54) is 0 Å². The number of esters is 1. The van der Waals surface area contributed by atoms with Gasteiger partial charge in [-0.25, -0.2) is 9.59 Å². The highest BCUT2D eigenvalue weighted by Gasteiger charge is 2.09. The lowest BCUT2D eigenvalue weighted by molar-refractivity contribution is -0.130. The van der Waals surface area contributed by atoms with E-state index in [0.29, 0.717) is 11.3 Å². The molecule has 0 unspecified atom stereocenters. The lowest BCUT2D eigenvalue weighted by atomic mass is 9.99. The maximum atomic E-state index is 11.1. The monoisotopic (exact) mass is 396 g/mol. The fraction of sp³-hybridized carbons (Fsp3) is 0. The third-order valence-corrected chi connectivity index (χ3v) is 4.50. The van der Waals surface area contributed by atoms with E-state index in [1.54, 1.807) is 12.1 Å². The molecule has 4 nitrogen and oxygen atoms in total.